The second-order valence-corrected chi connectivity index (χ2v) is 3.52. The van der Waals surface area contributed by atoms with Gasteiger partial charge in [0.15, 0.2) is 6.10 Å². The first-order valence-electron chi connectivity index (χ1n) is 5.33. The van der Waals surface area contributed by atoms with Gasteiger partial charge >= 0.3 is 5.92 Å². The zero-order chi connectivity index (χ0) is 13.1. The van der Waals surface area contributed by atoms with Crippen LogP contribution in [-0.2, 0) is 4.79 Å². The first-order valence-corrected chi connectivity index (χ1v) is 5.33. The van der Waals surface area contributed by atoms with Crippen LogP contribution in [0.1, 0.15) is 25.7 Å². The lowest BCUT2D eigenvalue weighted by molar-refractivity contribution is -0.177. The Morgan fingerprint density at radius 2 is 2.12 bits per heavy atom. The number of halogens is 2. The van der Waals surface area contributed by atoms with E-state index in [1.165, 1.54) is 12.1 Å². The molecule has 0 bridgehead atoms. The van der Waals surface area contributed by atoms with Gasteiger partial charge in [-0.15, -0.1) is 0 Å². The predicted octanol–water partition coefficient (Wildman–Crippen LogP) is 1.82. The highest BCUT2D eigenvalue weighted by molar-refractivity contribution is 5.84. The molecule has 1 aromatic heterocycles. The molecule has 0 spiro atoms. The maximum absolute atomic E-state index is 13.7. The number of aliphatic hydroxyl groups is 1. The van der Waals surface area contributed by atoms with Gasteiger partial charge in [0, 0.05) is 13.1 Å². The Labute approximate surface area is 97.8 Å². The average Bonchev–Trinajstić information content (AvgIpc) is 2.82. The van der Waals surface area contributed by atoms with Crippen molar-refractivity contribution in [3.8, 4) is 0 Å². The fourth-order valence-corrected chi connectivity index (χ4v) is 1.46. The molecule has 1 heterocycles. The summed E-state index contributed by atoms with van der Waals surface area (Å²) in [6.45, 7) is 3.51. The number of aliphatic hydroxyl groups excluding tert-OH is 1. The molecule has 0 radical (unpaired) electrons. The smallest absolute Gasteiger partial charge is 0.357 e. The summed E-state index contributed by atoms with van der Waals surface area (Å²) >= 11 is 0. The van der Waals surface area contributed by atoms with Gasteiger partial charge in [-0.1, -0.05) is 0 Å². The van der Waals surface area contributed by atoms with Gasteiger partial charge in [-0.2, -0.15) is 8.78 Å². The highest BCUT2D eigenvalue weighted by Gasteiger charge is 2.50. The first-order chi connectivity index (χ1) is 7.95. The summed E-state index contributed by atoms with van der Waals surface area (Å²) in [6, 6.07) is 2.57. The van der Waals surface area contributed by atoms with Crippen LogP contribution in [0.5, 0.6) is 0 Å². The van der Waals surface area contributed by atoms with Crippen LogP contribution in [0.2, 0.25) is 0 Å². The molecule has 1 rings (SSSR count). The normalized spacial score (nSPS) is 13.5. The quantitative estimate of drug-likeness (QED) is 0.863. The largest absolute Gasteiger partial charge is 0.466 e. The highest BCUT2D eigenvalue weighted by atomic mass is 19.3. The molecule has 1 atom stereocenters. The van der Waals surface area contributed by atoms with Crippen molar-refractivity contribution in [1.82, 2.24) is 4.90 Å². The number of amides is 1. The molecular weight excluding hydrogens is 232 g/mol. The maximum Gasteiger partial charge on any atom is 0.357 e. The summed E-state index contributed by atoms with van der Waals surface area (Å²) in [5.74, 6) is -5.61. The Hall–Kier alpha value is -1.43. The summed E-state index contributed by atoms with van der Waals surface area (Å²) in [4.78, 5) is 12.5. The molecule has 1 N–H and O–H groups in total. The fourth-order valence-electron chi connectivity index (χ4n) is 1.46. The van der Waals surface area contributed by atoms with Crippen molar-refractivity contribution in [2.75, 3.05) is 13.1 Å². The molecule has 0 aromatic carbocycles. The van der Waals surface area contributed by atoms with Crippen LogP contribution in [0.15, 0.2) is 22.8 Å². The van der Waals surface area contributed by atoms with E-state index in [1.807, 2.05) is 0 Å². The van der Waals surface area contributed by atoms with Crippen molar-refractivity contribution < 1.29 is 23.1 Å². The summed E-state index contributed by atoms with van der Waals surface area (Å²) in [7, 11) is 0. The van der Waals surface area contributed by atoms with Crippen LogP contribution >= 0.6 is 0 Å². The Kier molecular flexibility index (Phi) is 4.22. The van der Waals surface area contributed by atoms with Crippen LogP contribution in [0.25, 0.3) is 0 Å². The molecule has 1 aromatic rings. The van der Waals surface area contributed by atoms with Crippen molar-refractivity contribution in [3.05, 3.63) is 24.2 Å². The SMILES string of the molecule is CCN(CC)C(=O)C(F)(F)[C@@H](O)c1ccco1. The molecule has 4 nitrogen and oxygen atoms in total. The minimum absolute atomic E-state index is 0.162. The van der Waals surface area contributed by atoms with Crippen LogP contribution in [0, 0.1) is 0 Å². The number of carbonyl (C=O) groups excluding carboxylic acids is 1. The lowest BCUT2D eigenvalue weighted by Gasteiger charge is -2.26. The van der Waals surface area contributed by atoms with Gasteiger partial charge in [-0.05, 0) is 26.0 Å². The minimum Gasteiger partial charge on any atom is -0.466 e. The molecule has 0 saturated carbocycles. The molecular formula is C11H15F2NO3. The summed E-state index contributed by atoms with van der Waals surface area (Å²) < 4.78 is 32.1. The second kappa shape index (κ2) is 5.27. The molecule has 0 unspecified atom stereocenters. The number of furan rings is 1. The van der Waals surface area contributed by atoms with Gasteiger partial charge in [0.2, 0.25) is 0 Å². The number of carbonyl (C=O) groups is 1. The van der Waals surface area contributed by atoms with Crippen molar-refractivity contribution in [2.45, 2.75) is 25.9 Å². The zero-order valence-corrected chi connectivity index (χ0v) is 9.69. The van der Waals surface area contributed by atoms with E-state index in [4.69, 9.17) is 0 Å². The standard InChI is InChI=1S/C11H15F2NO3/c1-3-14(4-2)10(16)11(12,13)9(15)8-6-5-7-17-8/h5-7,9,15H,3-4H2,1-2H3/t9-/m0/s1. The lowest BCUT2D eigenvalue weighted by atomic mass is 10.1. The van der Waals surface area contributed by atoms with E-state index in [0.717, 1.165) is 11.2 Å². The lowest BCUT2D eigenvalue weighted by Crippen LogP contribution is -2.46. The Bertz CT molecular complexity index is 361. The number of alkyl halides is 2. The molecule has 96 valence electrons. The van der Waals surface area contributed by atoms with E-state index in [1.54, 1.807) is 13.8 Å². The van der Waals surface area contributed by atoms with Gasteiger partial charge in [0.1, 0.15) is 5.76 Å². The molecule has 0 aliphatic heterocycles. The van der Waals surface area contributed by atoms with E-state index in [9.17, 15) is 18.7 Å². The molecule has 0 aliphatic carbocycles. The second-order valence-electron chi connectivity index (χ2n) is 3.52. The van der Waals surface area contributed by atoms with Gasteiger partial charge < -0.3 is 14.4 Å². The van der Waals surface area contributed by atoms with E-state index in [0.29, 0.717) is 0 Å². The van der Waals surface area contributed by atoms with Gasteiger partial charge in [-0.25, -0.2) is 0 Å². The minimum atomic E-state index is -3.89. The van der Waals surface area contributed by atoms with Gasteiger partial charge in [0.05, 0.1) is 6.26 Å². The van der Waals surface area contributed by atoms with Crippen LogP contribution in [0.3, 0.4) is 0 Å². The van der Waals surface area contributed by atoms with Crippen LogP contribution in [-0.4, -0.2) is 34.9 Å². The van der Waals surface area contributed by atoms with Crippen molar-refractivity contribution >= 4 is 5.91 Å². The highest BCUT2D eigenvalue weighted by Crippen LogP contribution is 2.33. The number of rotatable bonds is 5. The molecule has 0 fully saturated rings. The Morgan fingerprint density at radius 3 is 2.53 bits per heavy atom. The van der Waals surface area contributed by atoms with E-state index in [2.05, 4.69) is 4.42 Å². The third-order valence-electron chi connectivity index (χ3n) is 2.49. The summed E-state index contributed by atoms with van der Waals surface area (Å²) in [5, 5.41) is 9.46. The summed E-state index contributed by atoms with van der Waals surface area (Å²) in [6.07, 6.45) is -1.10. The molecule has 1 amide bonds. The molecule has 17 heavy (non-hydrogen) atoms. The number of hydrogen-bond acceptors (Lipinski definition) is 3. The number of nitrogens with zero attached hydrogens (tertiary/aromatic N) is 1. The maximum atomic E-state index is 13.7. The fraction of sp³-hybridized carbons (Fsp3) is 0.545. The van der Waals surface area contributed by atoms with Gasteiger partial charge in [0.25, 0.3) is 5.91 Å². The van der Waals surface area contributed by atoms with E-state index >= 15 is 0 Å². The van der Waals surface area contributed by atoms with Crippen LogP contribution in [0.4, 0.5) is 8.78 Å². The Morgan fingerprint density at radius 1 is 1.53 bits per heavy atom. The zero-order valence-electron chi connectivity index (χ0n) is 9.69. The average molecular weight is 247 g/mol. The summed E-state index contributed by atoms with van der Waals surface area (Å²) in [5.41, 5.74) is 0. The van der Waals surface area contributed by atoms with E-state index < -0.39 is 17.9 Å². The van der Waals surface area contributed by atoms with E-state index in [-0.39, 0.29) is 18.8 Å². The topological polar surface area (TPSA) is 53.7 Å². The van der Waals surface area contributed by atoms with Crippen molar-refractivity contribution in [2.24, 2.45) is 0 Å². The van der Waals surface area contributed by atoms with Gasteiger partial charge in [-0.3, -0.25) is 4.79 Å². The van der Waals surface area contributed by atoms with Crippen molar-refractivity contribution in [1.29, 1.82) is 0 Å². The molecule has 6 heteroatoms. The van der Waals surface area contributed by atoms with Crippen molar-refractivity contribution in [3.63, 3.8) is 0 Å². The van der Waals surface area contributed by atoms with Crippen LogP contribution < -0.4 is 0 Å². The number of hydrogen-bond donors (Lipinski definition) is 1. The first kappa shape index (κ1) is 13.6. The molecule has 0 aliphatic rings. The Balaban J connectivity index is 2.90. The third-order valence-corrected chi connectivity index (χ3v) is 2.49. The monoisotopic (exact) mass is 247 g/mol. The molecule has 0 saturated heterocycles. The predicted molar refractivity (Wildman–Crippen MR) is 56.5 cm³/mol. The third kappa shape index (κ3) is 2.63.